The number of hydrogen-bond acceptors (Lipinski definition) is 9. The number of amides is 2. The minimum atomic E-state index is -1.03. The molecule has 2 N–H and O–H groups in total. The molecule has 1 aromatic rings. The van der Waals surface area contributed by atoms with E-state index in [-0.39, 0.29) is 40.7 Å². The van der Waals surface area contributed by atoms with Gasteiger partial charge in [0.2, 0.25) is 5.91 Å². The molecule has 11 heteroatoms. The number of nitrogens with zero attached hydrogens (tertiary/aromatic N) is 2. The van der Waals surface area contributed by atoms with Gasteiger partial charge in [0.05, 0.1) is 5.92 Å². The van der Waals surface area contributed by atoms with Crippen LogP contribution in [0.2, 0.25) is 0 Å². The maximum atomic E-state index is 13.1. The van der Waals surface area contributed by atoms with Crippen LogP contribution in [0.3, 0.4) is 0 Å². The molecule has 1 saturated heterocycles. The van der Waals surface area contributed by atoms with Gasteiger partial charge in [-0.3, -0.25) is 19.7 Å². The van der Waals surface area contributed by atoms with Crippen LogP contribution in [0.5, 0.6) is 0 Å². The highest BCUT2D eigenvalue weighted by Crippen LogP contribution is 2.37. The van der Waals surface area contributed by atoms with Crippen molar-refractivity contribution < 1.29 is 28.8 Å². The van der Waals surface area contributed by atoms with Crippen LogP contribution < -0.4 is 10.6 Å². The van der Waals surface area contributed by atoms with Crippen molar-refractivity contribution in [2.24, 2.45) is 11.1 Å². The maximum Gasteiger partial charge on any atom is 0.413 e. The molecule has 0 radical (unpaired) electrons. The Kier molecular flexibility index (Phi) is 7.20. The number of hydrogen-bond donors (Lipinski definition) is 2. The fourth-order valence-corrected chi connectivity index (χ4v) is 4.29. The third-order valence-corrected chi connectivity index (χ3v) is 6.49. The molecule has 10 nitrogen and oxygen atoms in total. The number of carbonyl (C=O) groups is 4. The van der Waals surface area contributed by atoms with Crippen LogP contribution in [0, 0.1) is 5.92 Å². The summed E-state index contributed by atoms with van der Waals surface area (Å²) in [6, 6.07) is -0.0707. The first-order chi connectivity index (χ1) is 15.4. The molecule has 1 aliphatic heterocycles. The summed E-state index contributed by atoms with van der Waals surface area (Å²) in [6.45, 7) is 8.60. The van der Waals surface area contributed by atoms with E-state index in [1.54, 1.807) is 26.2 Å². The first-order valence-electron chi connectivity index (χ1n) is 11.0. The number of β-lactam (4-membered cyclic amide) rings is 1. The van der Waals surface area contributed by atoms with Gasteiger partial charge in [-0.1, -0.05) is 12.1 Å². The summed E-state index contributed by atoms with van der Waals surface area (Å²) in [5, 5.41) is 11.2. The molecule has 2 fully saturated rings. The fourth-order valence-electron chi connectivity index (χ4n) is 3.60. The maximum absolute atomic E-state index is 13.1. The Bertz CT molecular complexity index is 976. The molecule has 1 saturated carbocycles. The molecule has 1 aliphatic carbocycles. The van der Waals surface area contributed by atoms with Crippen molar-refractivity contribution in [3.05, 3.63) is 11.1 Å². The second kappa shape index (κ2) is 9.58. The lowest BCUT2D eigenvalue weighted by Gasteiger charge is -2.37. The topological polar surface area (TPSA) is 136 Å². The summed E-state index contributed by atoms with van der Waals surface area (Å²) < 4.78 is 5.22. The molecule has 2 atom stereocenters. The zero-order chi connectivity index (χ0) is 24.4. The minimum Gasteiger partial charge on any atom is -0.444 e. The predicted octanol–water partition coefficient (Wildman–Crippen LogP) is 3.21. The van der Waals surface area contributed by atoms with Crippen LogP contribution in [0.4, 0.5) is 9.93 Å². The Morgan fingerprint density at radius 3 is 2.55 bits per heavy atom. The quantitative estimate of drug-likeness (QED) is 0.316. The van der Waals surface area contributed by atoms with Crippen molar-refractivity contribution in [1.29, 1.82) is 0 Å². The molecule has 0 spiro atoms. The number of thiazole rings is 1. The summed E-state index contributed by atoms with van der Waals surface area (Å²) >= 11 is 1.10. The Morgan fingerprint density at radius 2 is 2.03 bits per heavy atom. The second-order valence-electron chi connectivity index (χ2n) is 9.36. The molecule has 2 heterocycles. The minimum absolute atomic E-state index is 0.0496. The molecule has 0 aromatic carbocycles. The molecule has 2 aliphatic rings. The molecule has 2 amide bonds. The predicted molar refractivity (Wildman–Crippen MR) is 122 cm³/mol. The second-order valence-corrected chi connectivity index (χ2v) is 10.2. The molecule has 1 aromatic heterocycles. The van der Waals surface area contributed by atoms with Crippen LogP contribution >= 0.6 is 11.3 Å². The number of aromatic nitrogens is 1. The van der Waals surface area contributed by atoms with Gasteiger partial charge < -0.3 is 14.9 Å². The molecule has 180 valence electrons. The lowest BCUT2D eigenvalue weighted by molar-refractivity contribution is -0.155. The van der Waals surface area contributed by atoms with E-state index in [1.807, 2.05) is 6.92 Å². The van der Waals surface area contributed by atoms with Crippen LogP contribution in [-0.4, -0.2) is 51.5 Å². The van der Waals surface area contributed by atoms with Gasteiger partial charge in [0.25, 0.3) is 0 Å². The van der Waals surface area contributed by atoms with Crippen molar-refractivity contribution >= 4 is 45.7 Å². The van der Waals surface area contributed by atoms with Crippen molar-refractivity contribution in [3.63, 3.8) is 0 Å². The molecular formula is C22H30N4O6S. The van der Waals surface area contributed by atoms with Gasteiger partial charge in [-0.2, -0.15) is 0 Å². The number of ether oxygens (including phenoxy) is 1. The number of Topliss-reactive ketones (excluding diaryl/α,β-unsaturated/α-hetero) is 2. The first kappa shape index (κ1) is 24.8. The summed E-state index contributed by atoms with van der Waals surface area (Å²) in [6.07, 6.45) is 1.87. The number of rotatable bonds is 9. The third-order valence-electron chi connectivity index (χ3n) is 5.73. The van der Waals surface area contributed by atoms with E-state index in [1.165, 1.54) is 6.92 Å². The number of carbonyl (C=O) groups excluding carboxylic acids is 4. The van der Waals surface area contributed by atoms with Crippen molar-refractivity contribution in [2.45, 2.75) is 84.0 Å². The summed E-state index contributed by atoms with van der Waals surface area (Å²) in [5.41, 5.74) is -1.59. The average molecular weight is 479 g/mol. The van der Waals surface area contributed by atoms with E-state index in [4.69, 9.17) is 9.57 Å². The van der Waals surface area contributed by atoms with E-state index in [0.29, 0.717) is 19.3 Å². The molecule has 33 heavy (non-hydrogen) atoms. The van der Waals surface area contributed by atoms with Gasteiger partial charge in [0, 0.05) is 17.8 Å². The zero-order valence-electron chi connectivity index (χ0n) is 19.5. The van der Waals surface area contributed by atoms with Crippen LogP contribution in [-0.2, 0) is 24.0 Å². The van der Waals surface area contributed by atoms with E-state index in [0.717, 1.165) is 17.8 Å². The fraction of sp³-hybridized carbons (Fsp3) is 0.636. The smallest absolute Gasteiger partial charge is 0.413 e. The lowest BCUT2D eigenvalue weighted by Crippen LogP contribution is -2.58. The molecular weight excluding hydrogens is 448 g/mol. The Morgan fingerprint density at radius 1 is 1.33 bits per heavy atom. The highest BCUT2D eigenvalue weighted by atomic mass is 32.1. The number of nitrogens with one attached hydrogen (secondary N) is 2. The molecule has 0 bridgehead atoms. The number of oxime groups is 1. The van der Waals surface area contributed by atoms with Crippen LogP contribution in [0.25, 0.3) is 0 Å². The largest absolute Gasteiger partial charge is 0.444 e. The van der Waals surface area contributed by atoms with Gasteiger partial charge in [0.15, 0.2) is 28.0 Å². The molecule has 0 unspecified atom stereocenters. The SMILES string of the molecule is CC[C@H]1NC(=O)[C@H]1CC(=O)/C(=N\OC1(C(C)=O)CCC1)c1csc(NC(=O)OC(C)(C)C)n1. The van der Waals surface area contributed by atoms with Crippen LogP contribution in [0.15, 0.2) is 10.5 Å². The van der Waals surface area contributed by atoms with Gasteiger partial charge in [-0.05, 0) is 53.4 Å². The normalized spacial score (nSPS) is 21.8. The van der Waals surface area contributed by atoms with E-state index >= 15 is 0 Å². The van der Waals surface area contributed by atoms with Crippen molar-refractivity contribution in [3.8, 4) is 0 Å². The highest BCUT2D eigenvalue weighted by Gasteiger charge is 2.45. The van der Waals surface area contributed by atoms with Crippen LogP contribution in [0.1, 0.15) is 72.4 Å². The van der Waals surface area contributed by atoms with E-state index in [9.17, 15) is 19.2 Å². The van der Waals surface area contributed by atoms with Gasteiger partial charge in [-0.25, -0.2) is 9.78 Å². The third kappa shape index (κ3) is 5.76. The standard InChI is InChI=1S/C22H30N4O6S/c1-6-14-13(18(29)23-14)10-16(28)17(26-32-22(12(2)27)8-7-9-22)15-11-33-19(24-15)25-20(30)31-21(3,4)5/h11,13-14H,6-10H2,1-5H3,(H,23,29)(H,24,25,30)/b26-17-/t13-,14+/m0/s1. The highest BCUT2D eigenvalue weighted by molar-refractivity contribution is 7.14. The molecule has 3 rings (SSSR count). The summed E-state index contributed by atoms with van der Waals surface area (Å²) in [4.78, 5) is 59.1. The number of anilines is 1. The summed E-state index contributed by atoms with van der Waals surface area (Å²) in [7, 11) is 0. The number of ketones is 2. The van der Waals surface area contributed by atoms with E-state index in [2.05, 4.69) is 20.8 Å². The zero-order valence-corrected chi connectivity index (χ0v) is 20.3. The van der Waals surface area contributed by atoms with Crippen molar-refractivity contribution in [2.75, 3.05) is 5.32 Å². The summed E-state index contributed by atoms with van der Waals surface area (Å²) in [5.74, 6) is -1.20. The van der Waals surface area contributed by atoms with Gasteiger partial charge in [0.1, 0.15) is 11.3 Å². The van der Waals surface area contributed by atoms with Gasteiger partial charge >= 0.3 is 6.09 Å². The van der Waals surface area contributed by atoms with Gasteiger partial charge in [-0.15, -0.1) is 11.3 Å². The first-order valence-corrected chi connectivity index (χ1v) is 11.9. The monoisotopic (exact) mass is 478 g/mol. The Hall–Kier alpha value is -2.82. The Balaban J connectivity index is 1.81. The van der Waals surface area contributed by atoms with Crippen molar-refractivity contribution in [1.82, 2.24) is 10.3 Å². The lowest BCUT2D eigenvalue weighted by atomic mass is 9.77. The van der Waals surface area contributed by atoms with E-state index < -0.39 is 29.0 Å². The Labute approximate surface area is 196 Å². The average Bonchev–Trinajstić information content (AvgIpc) is 3.11.